The molecule has 2 aliphatic rings. The van der Waals surface area contributed by atoms with E-state index in [1.165, 1.54) is 88.2 Å². The Kier molecular flexibility index (Phi) is 8.12. The molecule has 0 saturated carbocycles. The summed E-state index contributed by atoms with van der Waals surface area (Å²) in [5, 5.41) is 4.96. The Balaban J connectivity index is 0.00000420. The first-order chi connectivity index (χ1) is 29.3. The van der Waals surface area contributed by atoms with Crippen LogP contribution in [0, 0.1) is 0 Å². The lowest BCUT2D eigenvalue weighted by molar-refractivity contribution is 0.660. The van der Waals surface area contributed by atoms with E-state index in [0.29, 0.717) is 0 Å². The third-order valence-electron chi connectivity index (χ3n) is 13.8. The Hall–Kier alpha value is -7.16. The number of benzene rings is 9. The lowest BCUT2D eigenvalue weighted by Crippen LogP contribution is -2.17. The van der Waals surface area contributed by atoms with Crippen LogP contribution in [0.25, 0.3) is 71.6 Å². The summed E-state index contributed by atoms with van der Waals surface area (Å²) in [5.74, 6) is 0. The summed E-state index contributed by atoms with van der Waals surface area (Å²) in [4.78, 5) is 2.51. The molecule has 0 aliphatic heterocycles. The van der Waals surface area contributed by atoms with Gasteiger partial charge in [-0.2, -0.15) is 0 Å². The van der Waals surface area contributed by atoms with Crippen molar-refractivity contribution in [2.75, 3.05) is 4.90 Å². The average Bonchev–Trinajstić information content (AvgIpc) is 3.83. The van der Waals surface area contributed by atoms with Crippen molar-refractivity contribution in [3.63, 3.8) is 0 Å². The minimum Gasteiger partial charge on any atom is -0.310 e. The number of hydrogen-bond acceptors (Lipinski definition) is 1. The quantitative estimate of drug-likeness (QED) is 0.169. The molecule has 0 atom stereocenters. The Morgan fingerprint density at radius 1 is 0.361 bits per heavy atom. The molecule has 12 rings (SSSR count). The molecule has 0 unspecified atom stereocenters. The normalized spacial score (nSPS) is 14.0. The second-order valence-electron chi connectivity index (χ2n) is 17.7. The van der Waals surface area contributed by atoms with Crippen LogP contribution >= 0.6 is 0 Å². The summed E-state index contributed by atoms with van der Waals surface area (Å²) in [6.07, 6.45) is 0. The van der Waals surface area contributed by atoms with Gasteiger partial charge in [0.25, 0.3) is 0 Å². The number of rotatable bonds is 5. The number of nitrogens with zero attached hydrogens (tertiary/aromatic N) is 2. The number of hydrogen-bond donors (Lipinski definition) is 0. The number of fused-ring (bicyclic) bond motifs is 10. The highest BCUT2D eigenvalue weighted by molar-refractivity contribution is 6.12. The van der Waals surface area contributed by atoms with Gasteiger partial charge < -0.3 is 9.47 Å². The summed E-state index contributed by atoms with van der Waals surface area (Å²) in [7, 11) is 0. The summed E-state index contributed by atoms with van der Waals surface area (Å²) in [6.45, 7) is 9.47. The second-order valence-corrected chi connectivity index (χ2v) is 17.7. The topological polar surface area (TPSA) is 8.17 Å². The fourth-order valence-electron chi connectivity index (χ4n) is 10.8. The van der Waals surface area contributed by atoms with Crippen molar-refractivity contribution >= 4 is 49.6 Å². The molecule has 10 aromatic rings. The van der Waals surface area contributed by atoms with Gasteiger partial charge in [0.2, 0.25) is 0 Å². The Bertz CT molecular complexity index is 3380. The number of anilines is 3. The maximum absolute atomic E-state index is 2.51. The monoisotopic (exact) mass is 784 g/mol. The highest BCUT2D eigenvalue weighted by atomic mass is 15.1. The van der Waals surface area contributed by atoms with Gasteiger partial charge in [0.15, 0.2) is 0 Å². The molecular formula is C59H48N2. The third kappa shape index (κ3) is 5.28. The second kappa shape index (κ2) is 13.4. The van der Waals surface area contributed by atoms with E-state index in [4.69, 9.17) is 0 Å². The van der Waals surface area contributed by atoms with Gasteiger partial charge in [0, 0.05) is 44.1 Å². The molecule has 9 aromatic carbocycles. The van der Waals surface area contributed by atoms with E-state index in [1.54, 1.807) is 0 Å². The summed E-state index contributed by atoms with van der Waals surface area (Å²) in [5.41, 5.74) is 20.1. The van der Waals surface area contributed by atoms with E-state index in [-0.39, 0.29) is 18.3 Å². The van der Waals surface area contributed by atoms with E-state index in [2.05, 4.69) is 231 Å². The van der Waals surface area contributed by atoms with Crippen molar-refractivity contribution < 1.29 is 0 Å². The van der Waals surface area contributed by atoms with Crippen LogP contribution in [0.15, 0.2) is 194 Å². The molecule has 0 fully saturated rings. The van der Waals surface area contributed by atoms with E-state index in [0.717, 1.165) is 22.7 Å². The van der Waals surface area contributed by atoms with Gasteiger partial charge in [-0.05, 0) is 116 Å². The van der Waals surface area contributed by atoms with Crippen LogP contribution in [0.3, 0.4) is 0 Å². The van der Waals surface area contributed by atoms with E-state index < -0.39 is 0 Å². The van der Waals surface area contributed by atoms with Gasteiger partial charge in [-0.15, -0.1) is 0 Å². The van der Waals surface area contributed by atoms with Crippen molar-refractivity contribution in [3.8, 4) is 39.1 Å². The van der Waals surface area contributed by atoms with Crippen LogP contribution in [-0.2, 0) is 10.8 Å². The molecule has 1 heterocycles. The first kappa shape index (κ1) is 36.9. The Morgan fingerprint density at radius 2 is 0.902 bits per heavy atom. The third-order valence-corrected chi connectivity index (χ3v) is 13.8. The summed E-state index contributed by atoms with van der Waals surface area (Å²) >= 11 is 0. The van der Waals surface area contributed by atoms with Gasteiger partial charge in [-0.25, -0.2) is 0 Å². The molecule has 61 heavy (non-hydrogen) atoms. The Morgan fingerprint density at radius 3 is 1.67 bits per heavy atom. The smallest absolute Gasteiger partial charge is 0.0547 e. The largest absolute Gasteiger partial charge is 0.310 e. The first-order valence-electron chi connectivity index (χ1n) is 21.2. The fourth-order valence-corrected chi connectivity index (χ4v) is 10.8. The molecule has 294 valence electrons. The SMILES string of the molecule is C.CC1(C)c2ccccc2-c2cc(N(c3ccc4c(c3)C(C)(C)c3ccccc3-4)c3ccc(-c4ccc5c6ccccc6n(-c6ccccc6)c5c4)c4ccccc34)ccc21. The molecule has 2 aliphatic carbocycles. The van der Waals surface area contributed by atoms with Crippen molar-refractivity contribution in [1.82, 2.24) is 4.57 Å². The van der Waals surface area contributed by atoms with Gasteiger partial charge >= 0.3 is 0 Å². The zero-order chi connectivity index (χ0) is 40.3. The fraction of sp³-hybridized carbons (Fsp3) is 0.119. The van der Waals surface area contributed by atoms with Crippen LogP contribution < -0.4 is 4.90 Å². The average molecular weight is 785 g/mol. The lowest BCUT2D eigenvalue weighted by Gasteiger charge is -2.30. The predicted octanol–water partition coefficient (Wildman–Crippen LogP) is 16.3. The number of aromatic nitrogens is 1. The van der Waals surface area contributed by atoms with Crippen molar-refractivity contribution in [2.24, 2.45) is 0 Å². The Labute approximate surface area is 359 Å². The van der Waals surface area contributed by atoms with Gasteiger partial charge in [-0.1, -0.05) is 175 Å². The molecule has 2 heteroatoms. The summed E-state index contributed by atoms with van der Waals surface area (Å²) in [6, 6.07) is 72.4. The maximum Gasteiger partial charge on any atom is 0.0547 e. The van der Waals surface area contributed by atoms with Gasteiger partial charge in [0.1, 0.15) is 0 Å². The molecule has 0 amide bonds. The van der Waals surface area contributed by atoms with Crippen LogP contribution in [0.4, 0.5) is 17.1 Å². The van der Waals surface area contributed by atoms with Crippen LogP contribution in [0.2, 0.25) is 0 Å². The van der Waals surface area contributed by atoms with Crippen molar-refractivity contribution in [2.45, 2.75) is 46.0 Å². The standard InChI is InChI=1S/C58H44N2.CH4/c1-57(2)51-24-14-11-20-44(51)49-35-39(28-32-52(49)57)59(40-27-30-45-43-19-10-13-23-50(43)58(3,4)53(45)36-40)55-33-31-41(42-18-8-9-21-46(42)55)37-26-29-48-47-22-12-15-25-54(47)60(56(48)34-37)38-16-6-5-7-17-38;/h5-36H,1-4H3;1H4. The molecule has 0 bridgehead atoms. The highest BCUT2D eigenvalue weighted by Crippen LogP contribution is 2.54. The van der Waals surface area contributed by atoms with E-state index in [1.807, 2.05) is 0 Å². The minimum atomic E-state index is -0.124. The highest BCUT2D eigenvalue weighted by Gasteiger charge is 2.37. The maximum atomic E-state index is 2.51. The first-order valence-corrected chi connectivity index (χ1v) is 21.2. The minimum absolute atomic E-state index is 0. The summed E-state index contributed by atoms with van der Waals surface area (Å²) < 4.78 is 2.41. The van der Waals surface area contributed by atoms with E-state index in [9.17, 15) is 0 Å². The van der Waals surface area contributed by atoms with Crippen LogP contribution in [0.5, 0.6) is 0 Å². The van der Waals surface area contributed by atoms with Crippen molar-refractivity contribution in [3.05, 3.63) is 216 Å². The van der Waals surface area contributed by atoms with E-state index >= 15 is 0 Å². The zero-order valence-corrected chi connectivity index (χ0v) is 34.4. The van der Waals surface area contributed by atoms with Crippen LogP contribution in [0.1, 0.15) is 57.4 Å². The lowest BCUT2D eigenvalue weighted by atomic mass is 9.82. The molecule has 1 aromatic heterocycles. The van der Waals surface area contributed by atoms with Gasteiger partial charge in [-0.3, -0.25) is 0 Å². The number of para-hydroxylation sites is 2. The molecule has 0 N–H and O–H groups in total. The zero-order valence-electron chi connectivity index (χ0n) is 34.4. The molecule has 0 spiro atoms. The molecule has 0 saturated heterocycles. The molecular weight excluding hydrogens is 737 g/mol. The van der Waals surface area contributed by atoms with Crippen molar-refractivity contribution in [1.29, 1.82) is 0 Å². The molecule has 0 radical (unpaired) electrons. The predicted molar refractivity (Wildman–Crippen MR) is 260 cm³/mol. The molecule has 2 nitrogen and oxygen atoms in total. The van der Waals surface area contributed by atoms with Gasteiger partial charge in [0.05, 0.1) is 16.7 Å². The van der Waals surface area contributed by atoms with Crippen LogP contribution in [-0.4, -0.2) is 4.57 Å².